The van der Waals surface area contributed by atoms with Crippen LogP contribution in [0, 0.1) is 18.8 Å². The van der Waals surface area contributed by atoms with Gasteiger partial charge in [-0.2, -0.15) is 0 Å². The number of aromatic hydroxyl groups is 1. The standard InChI is InChI=1S/C16H14O2/c1-13-10-15(17)12-16(11-13)18-9-5-8-14-6-3-2-4-7-14/h2-4,6-7,10-12,17H,9H2,1H3. The summed E-state index contributed by atoms with van der Waals surface area (Å²) in [5.41, 5.74) is 1.93. The Hall–Kier alpha value is -2.40. The second-order valence-corrected chi connectivity index (χ2v) is 3.96. The quantitative estimate of drug-likeness (QED) is 0.814. The van der Waals surface area contributed by atoms with Gasteiger partial charge in [0.2, 0.25) is 0 Å². The molecular formula is C16H14O2. The Morgan fingerprint density at radius 3 is 2.61 bits per heavy atom. The molecule has 0 aliphatic carbocycles. The molecule has 2 aromatic rings. The average molecular weight is 238 g/mol. The van der Waals surface area contributed by atoms with Gasteiger partial charge in [-0.15, -0.1) is 0 Å². The molecule has 0 radical (unpaired) electrons. The van der Waals surface area contributed by atoms with E-state index in [1.165, 1.54) is 0 Å². The van der Waals surface area contributed by atoms with Crippen LogP contribution in [0.2, 0.25) is 0 Å². The summed E-state index contributed by atoms with van der Waals surface area (Å²) in [5, 5.41) is 9.41. The summed E-state index contributed by atoms with van der Waals surface area (Å²) in [6.07, 6.45) is 0. The van der Waals surface area contributed by atoms with Gasteiger partial charge in [0.05, 0.1) is 0 Å². The summed E-state index contributed by atoms with van der Waals surface area (Å²) in [6.45, 7) is 2.21. The summed E-state index contributed by atoms with van der Waals surface area (Å²) in [4.78, 5) is 0. The van der Waals surface area contributed by atoms with Crippen LogP contribution in [0.25, 0.3) is 0 Å². The smallest absolute Gasteiger partial charge is 0.149 e. The van der Waals surface area contributed by atoms with E-state index >= 15 is 0 Å². The van der Waals surface area contributed by atoms with Crippen LogP contribution in [0.1, 0.15) is 11.1 Å². The van der Waals surface area contributed by atoms with Crippen LogP contribution in [0.4, 0.5) is 0 Å². The monoisotopic (exact) mass is 238 g/mol. The molecular weight excluding hydrogens is 224 g/mol. The molecule has 0 spiro atoms. The van der Waals surface area contributed by atoms with Gasteiger partial charge in [0.25, 0.3) is 0 Å². The highest BCUT2D eigenvalue weighted by atomic mass is 16.5. The van der Waals surface area contributed by atoms with Gasteiger partial charge in [-0.25, -0.2) is 0 Å². The number of benzene rings is 2. The number of hydrogen-bond acceptors (Lipinski definition) is 2. The maximum atomic E-state index is 9.41. The molecule has 0 amide bonds. The zero-order valence-electron chi connectivity index (χ0n) is 10.2. The Labute approximate surface area is 107 Å². The predicted molar refractivity (Wildman–Crippen MR) is 71.7 cm³/mol. The number of phenolic OH excluding ortho intramolecular Hbond substituents is 1. The first-order valence-electron chi connectivity index (χ1n) is 5.71. The summed E-state index contributed by atoms with van der Waals surface area (Å²) >= 11 is 0. The number of ether oxygens (including phenoxy) is 1. The van der Waals surface area contributed by atoms with E-state index in [2.05, 4.69) is 11.8 Å². The van der Waals surface area contributed by atoms with E-state index in [1.54, 1.807) is 12.1 Å². The third kappa shape index (κ3) is 3.57. The molecule has 2 heteroatoms. The van der Waals surface area contributed by atoms with E-state index in [4.69, 9.17) is 4.74 Å². The Balaban J connectivity index is 1.95. The van der Waals surface area contributed by atoms with E-state index in [-0.39, 0.29) is 5.75 Å². The Morgan fingerprint density at radius 2 is 1.89 bits per heavy atom. The van der Waals surface area contributed by atoms with Crippen molar-refractivity contribution in [1.29, 1.82) is 0 Å². The second kappa shape index (κ2) is 5.79. The summed E-state index contributed by atoms with van der Waals surface area (Å²) in [5.74, 6) is 6.79. The van der Waals surface area contributed by atoms with Gasteiger partial charge in [-0.3, -0.25) is 0 Å². The molecule has 0 heterocycles. The third-order valence-electron chi connectivity index (χ3n) is 2.35. The molecule has 1 N–H and O–H groups in total. The third-order valence-corrected chi connectivity index (χ3v) is 2.35. The van der Waals surface area contributed by atoms with Crippen molar-refractivity contribution in [2.24, 2.45) is 0 Å². The number of aryl methyl sites for hydroxylation is 1. The van der Waals surface area contributed by atoms with Crippen LogP contribution < -0.4 is 4.74 Å². The van der Waals surface area contributed by atoms with Crippen molar-refractivity contribution >= 4 is 0 Å². The summed E-state index contributed by atoms with van der Waals surface area (Å²) < 4.78 is 5.46. The highest BCUT2D eigenvalue weighted by molar-refractivity contribution is 5.37. The first-order valence-corrected chi connectivity index (χ1v) is 5.71. The van der Waals surface area contributed by atoms with Crippen LogP contribution in [-0.2, 0) is 0 Å². The molecule has 0 bridgehead atoms. The van der Waals surface area contributed by atoms with Crippen molar-refractivity contribution < 1.29 is 9.84 Å². The zero-order valence-corrected chi connectivity index (χ0v) is 10.2. The topological polar surface area (TPSA) is 29.5 Å². The van der Waals surface area contributed by atoms with E-state index < -0.39 is 0 Å². The van der Waals surface area contributed by atoms with Crippen LogP contribution in [0.15, 0.2) is 48.5 Å². The fraction of sp³-hybridized carbons (Fsp3) is 0.125. The fourth-order valence-corrected chi connectivity index (χ4v) is 1.59. The van der Waals surface area contributed by atoms with Gasteiger partial charge in [-0.1, -0.05) is 30.0 Å². The van der Waals surface area contributed by atoms with Gasteiger partial charge in [0.15, 0.2) is 0 Å². The Kier molecular flexibility index (Phi) is 3.88. The van der Waals surface area contributed by atoms with E-state index in [0.29, 0.717) is 12.4 Å². The van der Waals surface area contributed by atoms with Crippen LogP contribution in [-0.4, -0.2) is 11.7 Å². The van der Waals surface area contributed by atoms with Crippen LogP contribution in [0.5, 0.6) is 11.5 Å². The molecule has 18 heavy (non-hydrogen) atoms. The Bertz CT molecular complexity index is 557. The lowest BCUT2D eigenvalue weighted by Crippen LogP contribution is -1.94. The second-order valence-electron chi connectivity index (χ2n) is 3.96. The maximum Gasteiger partial charge on any atom is 0.149 e. The minimum atomic E-state index is 0.209. The van der Waals surface area contributed by atoms with E-state index in [9.17, 15) is 5.11 Å². The van der Waals surface area contributed by atoms with E-state index in [1.807, 2.05) is 43.3 Å². The largest absolute Gasteiger partial charge is 0.508 e. The van der Waals surface area contributed by atoms with Crippen LogP contribution in [0.3, 0.4) is 0 Å². The molecule has 0 fully saturated rings. The first kappa shape index (κ1) is 12.1. The van der Waals surface area contributed by atoms with Crippen LogP contribution >= 0.6 is 0 Å². The molecule has 2 rings (SSSR count). The van der Waals surface area contributed by atoms with Crippen molar-refractivity contribution in [1.82, 2.24) is 0 Å². The molecule has 0 aliphatic rings. The molecule has 0 aromatic heterocycles. The lowest BCUT2D eigenvalue weighted by Gasteiger charge is -2.03. The van der Waals surface area contributed by atoms with Gasteiger partial charge < -0.3 is 9.84 Å². The average Bonchev–Trinajstić information content (AvgIpc) is 2.35. The number of rotatable bonds is 2. The molecule has 90 valence electrons. The van der Waals surface area contributed by atoms with Crippen molar-refractivity contribution in [3.63, 3.8) is 0 Å². The fourth-order valence-electron chi connectivity index (χ4n) is 1.59. The predicted octanol–water partition coefficient (Wildman–Crippen LogP) is 3.13. The maximum absolute atomic E-state index is 9.41. The SMILES string of the molecule is Cc1cc(O)cc(OCC#Cc2ccccc2)c1. The van der Waals surface area contributed by atoms with Crippen molar-refractivity contribution in [3.8, 4) is 23.3 Å². The van der Waals surface area contributed by atoms with Gasteiger partial charge in [0, 0.05) is 11.6 Å². The molecule has 0 saturated carbocycles. The number of phenols is 1. The van der Waals surface area contributed by atoms with Gasteiger partial charge >= 0.3 is 0 Å². The molecule has 0 atom stereocenters. The molecule has 2 aromatic carbocycles. The first-order chi connectivity index (χ1) is 8.74. The summed E-state index contributed by atoms with van der Waals surface area (Å²) in [7, 11) is 0. The molecule has 0 aliphatic heterocycles. The van der Waals surface area contributed by atoms with Crippen molar-refractivity contribution in [2.75, 3.05) is 6.61 Å². The highest BCUT2D eigenvalue weighted by Gasteiger charge is 1.96. The van der Waals surface area contributed by atoms with Gasteiger partial charge in [-0.05, 0) is 36.8 Å². The summed E-state index contributed by atoms with van der Waals surface area (Å²) in [6, 6.07) is 14.9. The van der Waals surface area contributed by atoms with Gasteiger partial charge in [0.1, 0.15) is 18.1 Å². The number of hydrogen-bond donors (Lipinski definition) is 1. The lowest BCUT2D eigenvalue weighted by atomic mass is 10.2. The molecule has 2 nitrogen and oxygen atoms in total. The van der Waals surface area contributed by atoms with Crippen molar-refractivity contribution in [3.05, 3.63) is 59.7 Å². The molecule has 0 unspecified atom stereocenters. The minimum absolute atomic E-state index is 0.209. The minimum Gasteiger partial charge on any atom is -0.508 e. The zero-order chi connectivity index (χ0) is 12.8. The Morgan fingerprint density at radius 1 is 1.11 bits per heavy atom. The van der Waals surface area contributed by atoms with E-state index in [0.717, 1.165) is 11.1 Å². The lowest BCUT2D eigenvalue weighted by molar-refractivity contribution is 0.366. The normalized spacial score (nSPS) is 9.39. The molecule has 0 saturated heterocycles. The van der Waals surface area contributed by atoms with Crippen molar-refractivity contribution in [2.45, 2.75) is 6.92 Å². The highest BCUT2D eigenvalue weighted by Crippen LogP contribution is 2.20.